The van der Waals surface area contributed by atoms with E-state index in [4.69, 9.17) is 0 Å². The van der Waals surface area contributed by atoms with Gasteiger partial charge in [0.05, 0.1) is 11.1 Å². The molecule has 0 aliphatic carbocycles. The summed E-state index contributed by atoms with van der Waals surface area (Å²) >= 11 is 0. The lowest BCUT2D eigenvalue weighted by molar-refractivity contribution is -0.138. The fraction of sp³-hybridized carbons (Fsp3) is 0.0909. The molecule has 3 rings (SSSR count). The van der Waals surface area contributed by atoms with Crippen LogP contribution in [0.4, 0.5) is 26.3 Å². The number of hydrogen-bond donors (Lipinski definition) is 0. The Morgan fingerprint density at radius 3 is 1.53 bits per heavy atom. The van der Waals surface area contributed by atoms with E-state index in [9.17, 15) is 35.9 Å². The second-order valence-electron chi connectivity index (χ2n) is 6.36. The van der Waals surface area contributed by atoms with Crippen molar-refractivity contribution in [3.05, 3.63) is 106 Å². The number of carbonyl (C=O) groups is 2. The summed E-state index contributed by atoms with van der Waals surface area (Å²) in [5.41, 5.74) is -3.04. The molecule has 30 heavy (non-hydrogen) atoms. The largest absolute Gasteiger partial charge is 0.416 e. The Bertz CT molecular complexity index is 1080. The zero-order chi connectivity index (χ0) is 22.1. The van der Waals surface area contributed by atoms with Crippen molar-refractivity contribution in [1.82, 2.24) is 0 Å². The van der Waals surface area contributed by atoms with Crippen molar-refractivity contribution >= 4 is 11.6 Å². The van der Waals surface area contributed by atoms with E-state index in [0.29, 0.717) is 24.3 Å². The van der Waals surface area contributed by atoms with E-state index in [1.807, 2.05) is 0 Å². The average molecular weight is 422 g/mol. The van der Waals surface area contributed by atoms with Crippen LogP contribution in [-0.2, 0) is 12.4 Å². The molecule has 0 aromatic heterocycles. The Morgan fingerprint density at radius 2 is 1.00 bits per heavy atom. The van der Waals surface area contributed by atoms with E-state index in [-0.39, 0.29) is 16.7 Å². The molecule has 0 N–H and O–H groups in total. The molecule has 154 valence electrons. The predicted octanol–water partition coefficient (Wildman–Crippen LogP) is 6.19. The predicted molar refractivity (Wildman–Crippen MR) is 96.2 cm³/mol. The van der Waals surface area contributed by atoms with Crippen LogP contribution in [0.2, 0.25) is 0 Å². The van der Waals surface area contributed by atoms with Gasteiger partial charge in [-0.2, -0.15) is 26.3 Å². The maximum Gasteiger partial charge on any atom is 0.416 e. The van der Waals surface area contributed by atoms with Gasteiger partial charge in [-0.05, 0) is 30.3 Å². The highest BCUT2D eigenvalue weighted by Crippen LogP contribution is 2.33. The topological polar surface area (TPSA) is 34.1 Å². The Labute approximate surface area is 166 Å². The molecule has 3 aromatic rings. The van der Waals surface area contributed by atoms with E-state index in [2.05, 4.69) is 0 Å². The summed E-state index contributed by atoms with van der Waals surface area (Å²) in [5.74, 6) is -1.67. The number of hydrogen-bond acceptors (Lipinski definition) is 2. The summed E-state index contributed by atoms with van der Waals surface area (Å²) in [6, 6.07) is 12.7. The van der Waals surface area contributed by atoms with Crippen molar-refractivity contribution in [2.75, 3.05) is 0 Å². The number of rotatable bonds is 4. The van der Waals surface area contributed by atoms with Crippen LogP contribution >= 0.6 is 0 Å². The van der Waals surface area contributed by atoms with Gasteiger partial charge < -0.3 is 0 Å². The quantitative estimate of drug-likeness (QED) is 0.371. The normalized spacial score (nSPS) is 11.9. The molecule has 0 saturated heterocycles. The van der Waals surface area contributed by atoms with E-state index >= 15 is 0 Å². The molecule has 2 nitrogen and oxygen atoms in total. The molecular weight excluding hydrogens is 410 g/mol. The summed E-state index contributed by atoms with van der Waals surface area (Å²) < 4.78 is 77.6. The van der Waals surface area contributed by atoms with Crippen LogP contribution < -0.4 is 0 Å². The van der Waals surface area contributed by atoms with Gasteiger partial charge >= 0.3 is 12.4 Å². The Morgan fingerprint density at radius 1 is 0.533 bits per heavy atom. The van der Waals surface area contributed by atoms with Gasteiger partial charge in [0.2, 0.25) is 0 Å². The summed E-state index contributed by atoms with van der Waals surface area (Å²) in [6.07, 6.45) is -9.36. The van der Waals surface area contributed by atoms with Crippen LogP contribution in [0.25, 0.3) is 0 Å². The maximum atomic E-state index is 13.1. The molecular formula is C22H12F6O2. The summed E-state index contributed by atoms with van der Waals surface area (Å²) in [5, 5.41) is 0. The highest BCUT2D eigenvalue weighted by molar-refractivity contribution is 6.19. The van der Waals surface area contributed by atoms with Gasteiger partial charge in [-0.3, -0.25) is 9.59 Å². The zero-order valence-corrected chi connectivity index (χ0v) is 15.0. The van der Waals surface area contributed by atoms with E-state index in [1.54, 1.807) is 6.07 Å². The highest BCUT2D eigenvalue weighted by atomic mass is 19.4. The molecule has 0 aliphatic rings. The Kier molecular flexibility index (Phi) is 5.52. The molecule has 0 bridgehead atoms. The third-order valence-electron chi connectivity index (χ3n) is 4.35. The van der Waals surface area contributed by atoms with Crippen molar-refractivity contribution < 1.29 is 35.9 Å². The first-order chi connectivity index (χ1) is 14.0. The van der Waals surface area contributed by atoms with Crippen molar-refractivity contribution in [1.29, 1.82) is 0 Å². The molecule has 0 amide bonds. The van der Waals surface area contributed by atoms with Gasteiger partial charge in [-0.25, -0.2) is 0 Å². The lowest BCUT2D eigenvalue weighted by atomic mass is 9.91. The Balaban J connectivity index is 2.09. The van der Waals surface area contributed by atoms with E-state index in [0.717, 1.165) is 18.2 Å². The van der Waals surface area contributed by atoms with Crippen molar-refractivity contribution in [3.8, 4) is 0 Å². The number of benzene rings is 3. The third kappa shape index (κ3) is 4.42. The second-order valence-corrected chi connectivity index (χ2v) is 6.36. The molecule has 0 saturated carbocycles. The molecule has 3 aromatic carbocycles. The molecule has 0 atom stereocenters. The van der Waals surface area contributed by atoms with Crippen molar-refractivity contribution in [2.45, 2.75) is 12.4 Å². The molecule has 0 heterocycles. The first kappa shape index (κ1) is 21.3. The Hall–Kier alpha value is -3.42. The molecule has 0 unspecified atom stereocenters. The number of alkyl halides is 6. The minimum absolute atomic E-state index is 0.0679. The standard InChI is InChI=1S/C22H12F6O2/c23-21(24,25)15-8-6-14(7-9-15)19(29)17-11-10-16(22(26,27)28)12-18(17)20(30)13-4-2-1-3-5-13/h1-12H. The highest BCUT2D eigenvalue weighted by Gasteiger charge is 2.33. The number of halogens is 6. The summed E-state index contributed by atoms with van der Waals surface area (Å²) in [6.45, 7) is 0. The monoisotopic (exact) mass is 422 g/mol. The first-order valence-electron chi connectivity index (χ1n) is 8.51. The fourth-order valence-corrected chi connectivity index (χ4v) is 2.82. The lowest BCUT2D eigenvalue weighted by Crippen LogP contribution is -2.15. The van der Waals surface area contributed by atoms with Crippen LogP contribution in [0, 0.1) is 0 Å². The van der Waals surface area contributed by atoms with Crippen LogP contribution in [0.15, 0.2) is 72.8 Å². The van der Waals surface area contributed by atoms with Gasteiger partial charge in [0.1, 0.15) is 0 Å². The van der Waals surface area contributed by atoms with Crippen LogP contribution in [0.5, 0.6) is 0 Å². The van der Waals surface area contributed by atoms with Gasteiger partial charge in [-0.1, -0.05) is 42.5 Å². The SMILES string of the molecule is O=C(c1ccc(C(F)(F)F)cc1)c1ccc(C(F)(F)F)cc1C(=O)c1ccccc1. The minimum Gasteiger partial charge on any atom is -0.289 e. The van der Waals surface area contributed by atoms with E-state index in [1.165, 1.54) is 24.3 Å². The molecule has 0 fully saturated rings. The van der Waals surface area contributed by atoms with Gasteiger partial charge in [0.15, 0.2) is 11.6 Å². The minimum atomic E-state index is -4.75. The van der Waals surface area contributed by atoms with Crippen molar-refractivity contribution in [2.24, 2.45) is 0 Å². The summed E-state index contributed by atoms with van der Waals surface area (Å²) in [4.78, 5) is 25.6. The second kappa shape index (κ2) is 7.78. The molecule has 0 aliphatic heterocycles. The smallest absolute Gasteiger partial charge is 0.289 e. The lowest BCUT2D eigenvalue weighted by Gasteiger charge is -2.13. The summed E-state index contributed by atoms with van der Waals surface area (Å²) in [7, 11) is 0. The van der Waals surface area contributed by atoms with Crippen LogP contribution in [-0.4, -0.2) is 11.6 Å². The molecule has 0 radical (unpaired) electrons. The third-order valence-corrected chi connectivity index (χ3v) is 4.35. The van der Waals surface area contributed by atoms with Gasteiger partial charge in [-0.15, -0.1) is 0 Å². The van der Waals surface area contributed by atoms with Gasteiger partial charge in [0, 0.05) is 22.3 Å². The van der Waals surface area contributed by atoms with Gasteiger partial charge in [0.25, 0.3) is 0 Å². The van der Waals surface area contributed by atoms with Crippen LogP contribution in [0.1, 0.15) is 43.0 Å². The van der Waals surface area contributed by atoms with E-state index < -0.39 is 40.6 Å². The first-order valence-corrected chi connectivity index (χ1v) is 8.51. The van der Waals surface area contributed by atoms with Crippen molar-refractivity contribution in [3.63, 3.8) is 0 Å². The molecule has 0 spiro atoms. The number of carbonyl (C=O) groups excluding carboxylic acids is 2. The number of ketones is 2. The van der Waals surface area contributed by atoms with Crippen LogP contribution in [0.3, 0.4) is 0 Å². The average Bonchev–Trinajstić information content (AvgIpc) is 2.71. The molecule has 8 heteroatoms. The zero-order valence-electron chi connectivity index (χ0n) is 15.0. The fourth-order valence-electron chi connectivity index (χ4n) is 2.82. The maximum absolute atomic E-state index is 13.1.